The number of carbonyl (C=O) groups is 2. The molecule has 4 heterocycles. The monoisotopic (exact) mass is 925 g/mol. The lowest BCUT2D eigenvalue weighted by Crippen LogP contribution is -2.62. The molecule has 6 nitrogen and oxygen atoms in total. The second kappa shape index (κ2) is 17.9. The molecule has 10 rings (SSSR count). The topological polar surface area (TPSA) is 46.9 Å². The van der Waals surface area contributed by atoms with Crippen LogP contribution in [0.2, 0.25) is 0 Å². The summed E-state index contributed by atoms with van der Waals surface area (Å²) in [6.45, 7) is 9.82. The lowest BCUT2D eigenvalue weighted by atomic mass is 9.81. The maximum atomic E-state index is 14.9. The molecule has 4 aliphatic heterocycles. The second-order valence-corrected chi connectivity index (χ2v) is 25.0. The van der Waals surface area contributed by atoms with E-state index in [-0.39, 0.29) is 45.5 Å². The van der Waals surface area contributed by atoms with Gasteiger partial charge in [-0.25, -0.2) is 0 Å². The first-order valence-electron chi connectivity index (χ1n) is 24.3. The molecule has 2 aromatic carbocycles. The zero-order valence-corrected chi connectivity index (χ0v) is 40.9. The van der Waals surface area contributed by atoms with Crippen molar-refractivity contribution in [3.05, 3.63) is 95.7 Å². The lowest BCUT2D eigenvalue weighted by molar-refractivity contribution is -0.427. The lowest BCUT2D eigenvalue weighted by Gasteiger charge is -2.54. The van der Waals surface area contributed by atoms with Gasteiger partial charge in [0.15, 0.2) is 5.71 Å². The Kier molecular flexibility index (Phi) is 12.5. The van der Waals surface area contributed by atoms with Crippen LogP contribution in [0, 0.1) is 0 Å². The molecule has 336 valence electrons. The summed E-state index contributed by atoms with van der Waals surface area (Å²) in [5, 5.41) is 2.30. The molecule has 2 aromatic rings. The Balaban J connectivity index is 0.935. The van der Waals surface area contributed by atoms with Gasteiger partial charge in [0.2, 0.25) is 18.1 Å². The number of thioether (sulfide) groups is 2. The van der Waals surface area contributed by atoms with Gasteiger partial charge in [0.1, 0.15) is 6.54 Å². The molecule has 6 fully saturated rings. The third kappa shape index (κ3) is 8.09. The zero-order chi connectivity index (χ0) is 43.6. The fraction of sp³-hybridized carbons (Fsp3) is 0.604. The molecular formula is C53H67Cl2N4O2S2+. The molecule has 8 aliphatic rings. The average molecular weight is 927 g/mol. The molecule has 10 atom stereocenters. The minimum atomic E-state index is -0.281. The van der Waals surface area contributed by atoms with Gasteiger partial charge >= 0.3 is 0 Å². The molecule has 10 heteroatoms. The summed E-state index contributed by atoms with van der Waals surface area (Å²) < 4.78 is 2.30. The Morgan fingerprint density at radius 2 is 1.21 bits per heavy atom. The second-order valence-electron chi connectivity index (χ2n) is 20.8. The highest BCUT2D eigenvalue weighted by Crippen LogP contribution is 2.51. The van der Waals surface area contributed by atoms with Crippen LogP contribution >= 0.6 is 46.7 Å². The largest absolute Gasteiger partial charge is 0.335 e. The number of allylic oxidation sites excluding steroid dienone is 6. The molecule has 4 saturated carbocycles. The molecule has 0 spiro atoms. The fourth-order valence-electron chi connectivity index (χ4n) is 13.2. The number of hydrogen-bond acceptors (Lipinski definition) is 5. The molecule has 63 heavy (non-hydrogen) atoms. The van der Waals surface area contributed by atoms with Crippen molar-refractivity contribution in [2.24, 2.45) is 0 Å². The standard InChI is InChI=1S/C53H67Cl2N4O2S2/c1-52(2)36-16-8-10-18-38(36)56(32-50(60)58-40-20-12-14-22-44(40)62-46-28-26-34(54)30-42(46)58)48(52)24-6-5-7-25-49-53(3,4)37-17-9-11-19-39(37)57(49)33-51(61)59-41-21-13-15-23-45(41)63-47-29-27-35(55)31-43(47)59/h5-11,16-19,24-25,34-35,40-47H,12-15,20-23,26-33H2,1-4H3/q+1. The first kappa shape index (κ1) is 44.2. The predicted octanol–water partition coefficient (Wildman–Crippen LogP) is 11.7. The zero-order valence-electron chi connectivity index (χ0n) is 37.8. The quantitative estimate of drug-likeness (QED) is 0.157. The number of alkyl halides is 2. The Bertz CT molecular complexity index is 2220. The van der Waals surface area contributed by atoms with Crippen LogP contribution in [0.5, 0.6) is 0 Å². The molecule has 2 saturated heterocycles. The van der Waals surface area contributed by atoms with Crippen molar-refractivity contribution >= 4 is 75.6 Å². The number of fused-ring (bicyclic) bond motifs is 6. The number of anilines is 1. The molecule has 4 aliphatic carbocycles. The van der Waals surface area contributed by atoms with E-state index in [0.717, 1.165) is 74.2 Å². The Hall–Kier alpha value is -2.65. The van der Waals surface area contributed by atoms with Crippen LogP contribution in [0.25, 0.3) is 0 Å². The van der Waals surface area contributed by atoms with Gasteiger partial charge in [0.25, 0.3) is 5.91 Å². The number of para-hydroxylation sites is 2. The van der Waals surface area contributed by atoms with E-state index < -0.39 is 0 Å². The highest BCUT2D eigenvalue weighted by molar-refractivity contribution is 8.00. The van der Waals surface area contributed by atoms with Gasteiger partial charge in [-0.15, -0.1) is 23.2 Å². The summed E-state index contributed by atoms with van der Waals surface area (Å²) in [5.74, 6) is 0.487. The maximum Gasteiger partial charge on any atom is 0.289 e. The third-order valence-electron chi connectivity index (χ3n) is 16.3. The van der Waals surface area contributed by atoms with Crippen LogP contribution in [-0.2, 0) is 20.4 Å². The van der Waals surface area contributed by atoms with Gasteiger partial charge in [-0.2, -0.15) is 28.1 Å². The molecule has 2 amide bonds. The number of amides is 2. The van der Waals surface area contributed by atoms with E-state index in [0.29, 0.717) is 46.2 Å². The highest BCUT2D eigenvalue weighted by Gasteiger charge is 2.52. The summed E-state index contributed by atoms with van der Waals surface area (Å²) in [5.41, 5.74) is 6.47. The summed E-state index contributed by atoms with van der Waals surface area (Å²) >= 11 is 18.0. The molecule has 10 unspecified atom stereocenters. The highest BCUT2D eigenvalue weighted by atomic mass is 35.5. The fourth-order valence-corrected chi connectivity index (χ4v) is 17.7. The van der Waals surface area contributed by atoms with E-state index in [4.69, 9.17) is 23.2 Å². The van der Waals surface area contributed by atoms with Gasteiger partial charge < -0.3 is 14.7 Å². The first-order chi connectivity index (χ1) is 30.4. The van der Waals surface area contributed by atoms with Crippen molar-refractivity contribution in [3.8, 4) is 0 Å². The Labute approximate surface area is 395 Å². The van der Waals surface area contributed by atoms with Gasteiger partial charge in [-0.1, -0.05) is 94.2 Å². The van der Waals surface area contributed by atoms with Crippen LogP contribution in [-0.4, -0.2) is 101 Å². The van der Waals surface area contributed by atoms with Crippen molar-refractivity contribution in [1.82, 2.24) is 9.80 Å². The molecule has 0 N–H and O–H groups in total. The van der Waals surface area contributed by atoms with Crippen molar-refractivity contribution in [3.63, 3.8) is 0 Å². The Morgan fingerprint density at radius 3 is 1.86 bits per heavy atom. The number of carbonyl (C=O) groups excluding carboxylic acids is 2. The first-order valence-corrected chi connectivity index (χ1v) is 27.1. The smallest absolute Gasteiger partial charge is 0.289 e. The summed E-state index contributed by atoms with van der Waals surface area (Å²) in [7, 11) is 0. The van der Waals surface area contributed by atoms with E-state index in [9.17, 15) is 9.59 Å². The normalized spacial score (nSPS) is 35.0. The van der Waals surface area contributed by atoms with Crippen molar-refractivity contribution in [1.29, 1.82) is 0 Å². The van der Waals surface area contributed by atoms with Gasteiger partial charge in [0.05, 0.1) is 5.41 Å². The maximum absolute atomic E-state index is 14.9. The van der Waals surface area contributed by atoms with Crippen LogP contribution < -0.4 is 4.90 Å². The van der Waals surface area contributed by atoms with E-state index in [1.54, 1.807) is 0 Å². The number of nitrogens with zero attached hydrogens (tertiary/aromatic N) is 4. The van der Waals surface area contributed by atoms with Crippen LogP contribution in [0.3, 0.4) is 0 Å². The number of benzene rings is 2. The summed E-state index contributed by atoms with van der Waals surface area (Å²) in [4.78, 5) is 36.8. The van der Waals surface area contributed by atoms with Crippen molar-refractivity contribution in [2.75, 3.05) is 18.0 Å². The van der Waals surface area contributed by atoms with Gasteiger partial charge in [0, 0.05) is 90.4 Å². The molecule has 0 aromatic heterocycles. The molecule has 0 bridgehead atoms. The summed E-state index contributed by atoms with van der Waals surface area (Å²) in [6, 6.07) is 18.3. The Morgan fingerprint density at radius 1 is 0.651 bits per heavy atom. The number of halogens is 2. The van der Waals surface area contributed by atoms with E-state index in [1.807, 2.05) is 0 Å². The SMILES string of the molecule is CC1(C)C(/C=C/C=C/C=C2\N(CC(=O)N3C4CCCCC4SC4CCC(Cl)CC43)c3ccccc3C2(C)C)=[N+](CC(=O)N2C3CCCCC3SC3CCC(Cl)CC32)c2ccccc21. The van der Waals surface area contributed by atoms with Crippen LogP contribution in [0.1, 0.15) is 129 Å². The van der Waals surface area contributed by atoms with Gasteiger partial charge in [-0.3, -0.25) is 9.59 Å². The predicted molar refractivity (Wildman–Crippen MR) is 266 cm³/mol. The number of hydrogen-bond donors (Lipinski definition) is 0. The molecular weight excluding hydrogens is 860 g/mol. The average Bonchev–Trinajstić information content (AvgIpc) is 3.62. The van der Waals surface area contributed by atoms with Crippen molar-refractivity contribution in [2.45, 2.75) is 184 Å². The summed E-state index contributed by atoms with van der Waals surface area (Å²) in [6.07, 6.45) is 26.5. The third-order valence-corrected chi connectivity index (χ3v) is 20.7. The van der Waals surface area contributed by atoms with Crippen LogP contribution in [0.4, 0.5) is 11.4 Å². The van der Waals surface area contributed by atoms with E-state index in [1.165, 1.54) is 49.7 Å². The van der Waals surface area contributed by atoms with E-state index in [2.05, 4.69) is 149 Å². The van der Waals surface area contributed by atoms with E-state index >= 15 is 0 Å². The molecule has 0 radical (unpaired) electrons. The van der Waals surface area contributed by atoms with Crippen molar-refractivity contribution < 1.29 is 14.2 Å². The minimum absolute atomic E-state index is 0.138. The van der Waals surface area contributed by atoms with Crippen LogP contribution in [0.15, 0.2) is 84.6 Å². The van der Waals surface area contributed by atoms with Gasteiger partial charge in [-0.05, 0) is 95.8 Å². The minimum Gasteiger partial charge on any atom is -0.335 e. The number of rotatable bonds is 7.